The highest BCUT2D eigenvalue weighted by Crippen LogP contribution is 2.46. The summed E-state index contributed by atoms with van der Waals surface area (Å²) >= 11 is 0. The van der Waals surface area contributed by atoms with Crippen LogP contribution in [0.15, 0.2) is 0 Å². The van der Waals surface area contributed by atoms with Crippen molar-refractivity contribution in [1.29, 1.82) is 0 Å². The summed E-state index contributed by atoms with van der Waals surface area (Å²) in [5.74, 6) is 4.29. The van der Waals surface area contributed by atoms with Gasteiger partial charge in [-0.2, -0.15) is 0 Å². The second-order valence-electron chi connectivity index (χ2n) is 7.40. The minimum absolute atomic E-state index is 0.167. The molecule has 0 bridgehead atoms. The fraction of sp³-hybridized carbons (Fsp3) is 1.00. The lowest BCUT2D eigenvalue weighted by Gasteiger charge is -2.48. The Labute approximate surface area is 108 Å². The molecule has 6 unspecified atom stereocenters. The summed E-state index contributed by atoms with van der Waals surface area (Å²) in [7, 11) is 0. The summed E-state index contributed by atoms with van der Waals surface area (Å²) in [6.07, 6.45) is 8.03. The van der Waals surface area contributed by atoms with Crippen molar-refractivity contribution >= 4 is 0 Å². The molecule has 0 spiro atoms. The van der Waals surface area contributed by atoms with Crippen LogP contribution in [-0.4, -0.2) is 5.54 Å². The minimum atomic E-state index is 0.167. The molecule has 2 fully saturated rings. The first-order valence-corrected chi connectivity index (χ1v) is 7.71. The van der Waals surface area contributed by atoms with Crippen LogP contribution in [0.25, 0.3) is 0 Å². The SMILES string of the molecule is CC1CCC(C2(N)CCC(C)C(C)C2)CC1C. The fourth-order valence-electron chi connectivity index (χ4n) is 4.12. The lowest BCUT2D eigenvalue weighted by atomic mass is 9.61. The molecule has 6 atom stereocenters. The monoisotopic (exact) mass is 237 g/mol. The average molecular weight is 237 g/mol. The summed E-state index contributed by atoms with van der Waals surface area (Å²) in [5, 5.41) is 0. The highest BCUT2D eigenvalue weighted by molar-refractivity contribution is 4.98. The molecule has 0 heterocycles. The van der Waals surface area contributed by atoms with E-state index in [-0.39, 0.29) is 5.54 Å². The van der Waals surface area contributed by atoms with Gasteiger partial charge in [-0.05, 0) is 61.7 Å². The standard InChI is InChI=1S/C16H31N/c1-11-5-6-15(9-13(11)3)16(17)8-7-12(2)14(4)10-16/h11-15H,5-10,17H2,1-4H3. The van der Waals surface area contributed by atoms with Crippen LogP contribution in [0.2, 0.25) is 0 Å². The van der Waals surface area contributed by atoms with Gasteiger partial charge in [-0.1, -0.05) is 34.1 Å². The first-order valence-electron chi connectivity index (χ1n) is 7.71. The Hall–Kier alpha value is -0.0400. The van der Waals surface area contributed by atoms with E-state index in [2.05, 4.69) is 27.7 Å². The average Bonchev–Trinajstić information content (AvgIpc) is 2.28. The molecule has 1 heteroatoms. The Balaban J connectivity index is 2.01. The maximum Gasteiger partial charge on any atom is 0.0185 e. The summed E-state index contributed by atoms with van der Waals surface area (Å²) in [4.78, 5) is 0. The van der Waals surface area contributed by atoms with Gasteiger partial charge in [-0.25, -0.2) is 0 Å². The fourth-order valence-corrected chi connectivity index (χ4v) is 4.12. The third kappa shape index (κ3) is 2.70. The van der Waals surface area contributed by atoms with E-state index in [1.807, 2.05) is 0 Å². The molecule has 0 amide bonds. The van der Waals surface area contributed by atoms with Gasteiger partial charge in [0.25, 0.3) is 0 Å². The molecule has 0 radical (unpaired) electrons. The first-order chi connectivity index (χ1) is 7.92. The summed E-state index contributed by atoms with van der Waals surface area (Å²) in [5.41, 5.74) is 6.96. The van der Waals surface area contributed by atoms with Crippen LogP contribution in [0.4, 0.5) is 0 Å². The van der Waals surface area contributed by atoms with E-state index in [1.54, 1.807) is 0 Å². The molecule has 2 aliphatic carbocycles. The minimum Gasteiger partial charge on any atom is -0.325 e. The van der Waals surface area contributed by atoms with Crippen LogP contribution in [0.5, 0.6) is 0 Å². The van der Waals surface area contributed by atoms with E-state index >= 15 is 0 Å². The molecule has 1 nitrogen and oxygen atoms in total. The van der Waals surface area contributed by atoms with Crippen molar-refractivity contribution in [3.63, 3.8) is 0 Å². The van der Waals surface area contributed by atoms with Crippen molar-refractivity contribution in [2.24, 2.45) is 35.3 Å². The quantitative estimate of drug-likeness (QED) is 0.726. The Morgan fingerprint density at radius 1 is 0.824 bits per heavy atom. The smallest absolute Gasteiger partial charge is 0.0185 e. The number of nitrogens with two attached hydrogens (primary N) is 1. The Bertz CT molecular complexity index is 262. The van der Waals surface area contributed by atoms with Crippen LogP contribution in [-0.2, 0) is 0 Å². The van der Waals surface area contributed by atoms with Gasteiger partial charge in [0, 0.05) is 5.54 Å². The van der Waals surface area contributed by atoms with Gasteiger partial charge in [0.05, 0.1) is 0 Å². The molecule has 2 N–H and O–H groups in total. The van der Waals surface area contributed by atoms with Crippen LogP contribution in [0, 0.1) is 29.6 Å². The van der Waals surface area contributed by atoms with E-state index in [0.29, 0.717) is 0 Å². The highest BCUT2D eigenvalue weighted by atomic mass is 14.8. The van der Waals surface area contributed by atoms with E-state index in [1.165, 1.54) is 38.5 Å². The molecule has 17 heavy (non-hydrogen) atoms. The number of hydrogen-bond acceptors (Lipinski definition) is 1. The molecule has 0 saturated heterocycles. The lowest BCUT2D eigenvalue weighted by molar-refractivity contribution is 0.0690. The maximum atomic E-state index is 6.79. The normalized spacial score (nSPS) is 52.4. The lowest BCUT2D eigenvalue weighted by Crippen LogP contribution is -2.53. The molecular weight excluding hydrogens is 206 g/mol. The van der Waals surface area contributed by atoms with Gasteiger partial charge in [0.2, 0.25) is 0 Å². The number of hydrogen-bond donors (Lipinski definition) is 1. The third-order valence-corrected chi connectivity index (χ3v) is 6.15. The largest absolute Gasteiger partial charge is 0.325 e. The molecule has 2 saturated carbocycles. The van der Waals surface area contributed by atoms with E-state index in [0.717, 1.165) is 29.6 Å². The summed E-state index contributed by atoms with van der Waals surface area (Å²) in [6, 6.07) is 0. The van der Waals surface area contributed by atoms with Crippen molar-refractivity contribution in [2.45, 2.75) is 71.8 Å². The van der Waals surface area contributed by atoms with E-state index in [4.69, 9.17) is 5.73 Å². The topological polar surface area (TPSA) is 26.0 Å². The molecule has 2 aliphatic rings. The third-order valence-electron chi connectivity index (χ3n) is 6.15. The van der Waals surface area contributed by atoms with Gasteiger partial charge < -0.3 is 5.73 Å². The van der Waals surface area contributed by atoms with Gasteiger partial charge in [0.15, 0.2) is 0 Å². The summed E-state index contributed by atoms with van der Waals surface area (Å²) in [6.45, 7) is 9.64. The Kier molecular flexibility index (Phi) is 3.87. The number of rotatable bonds is 1. The van der Waals surface area contributed by atoms with Crippen molar-refractivity contribution < 1.29 is 0 Å². The van der Waals surface area contributed by atoms with Crippen molar-refractivity contribution in [3.05, 3.63) is 0 Å². The van der Waals surface area contributed by atoms with Gasteiger partial charge >= 0.3 is 0 Å². The zero-order valence-corrected chi connectivity index (χ0v) is 12.2. The van der Waals surface area contributed by atoms with Gasteiger partial charge in [0.1, 0.15) is 0 Å². The molecule has 0 aromatic heterocycles. The molecule has 0 aliphatic heterocycles. The molecular formula is C16H31N. The van der Waals surface area contributed by atoms with E-state index < -0.39 is 0 Å². The Morgan fingerprint density at radius 2 is 1.47 bits per heavy atom. The predicted molar refractivity (Wildman–Crippen MR) is 74.8 cm³/mol. The molecule has 2 rings (SSSR count). The van der Waals surface area contributed by atoms with Crippen molar-refractivity contribution in [3.8, 4) is 0 Å². The van der Waals surface area contributed by atoms with E-state index in [9.17, 15) is 0 Å². The van der Waals surface area contributed by atoms with Crippen LogP contribution < -0.4 is 5.73 Å². The zero-order valence-electron chi connectivity index (χ0n) is 12.2. The molecule has 0 aromatic carbocycles. The zero-order chi connectivity index (χ0) is 12.6. The Morgan fingerprint density at radius 3 is 2.06 bits per heavy atom. The van der Waals surface area contributed by atoms with Crippen LogP contribution >= 0.6 is 0 Å². The highest BCUT2D eigenvalue weighted by Gasteiger charge is 2.42. The van der Waals surface area contributed by atoms with Gasteiger partial charge in [-0.15, -0.1) is 0 Å². The molecule has 0 aromatic rings. The van der Waals surface area contributed by atoms with Gasteiger partial charge in [-0.3, -0.25) is 0 Å². The second-order valence-corrected chi connectivity index (χ2v) is 7.40. The summed E-state index contributed by atoms with van der Waals surface area (Å²) < 4.78 is 0. The van der Waals surface area contributed by atoms with Crippen LogP contribution in [0.3, 0.4) is 0 Å². The van der Waals surface area contributed by atoms with Crippen molar-refractivity contribution in [2.75, 3.05) is 0 Å². The second kappa shape index (κ2) is 4.91. The molecule has 100 valence electrons. The van der Waals surface area contributed by atoms with Crippen LogP contribution in [0.1, 0.15) is 66.2 Å². The predicted octanol–water partition coefficient (Wildman–Crippen LogP) is 4.21. The first kappa shape index (κ1) is 13.4. The van der Waals surface area contributed by atoms with Crippen molar-refractivity contribution in [1.82, 2.24) is 0 Å². The maximum absolute atomic E-state index is 6.79.